The molecule has 0 aliphatic heterocycles. The van der Waals surface area contributed by atoms with Gasteiger partial charge in [0, 0.05) is 12.6 Å². The van der Waals surface area contributed by atoms with E-state index in [0.717, 1.165) is 12.0 Å². The van der Waals surface area contributed by atoms with Gasteiger partial charge in [-0.2, -0.15) is 0 Å². The van der Waals surface area contributed by atoms with Crippen LogP contribution in [0.15, 0.2) is 60.7 Å². The first-order chi connectivity index (χ1) is 11.0. The Labute approximate surface area is 137 Å². The highest BCUT2D eigenvalue weighted by Gasteiger charge is 2.08. The van der Waals surface area contributed by atoms with Crippen molar-refractivity contribution in [3.05, 3.63) is 71.8 Å². The largest absolute Gasteiger partial charge is 0.368 e. The Kier molecular flexibility index (Phi) is 8.60. The first-order valence-corrected chi connectivity index (χ1v) is 7.61. The highest BCUT2D eigenvalue weighted by Crippen LogP contribution is 2.01. The van der Waals surface area contributed by atoms with Gasteiger partial charge >= 0.3 is 0 Å². The van der Waals surface area contributed by atoms with E-state index in [4.69, 9.17) is 22.9 Å². The van der Waals surface area contributed by atoms with Crippen molar-refractivity contribution >= 4 is 5.91 Å². The maximum Gasteiger partial charge on any atom is 0.234 e. The Morgan fingerprint density at radius 2 is 1.26 bits per heavy atom. The zero-order valence-electron chi connectivity index (χ0n) is 13.3. The van der Waals surface area contributed by atoms with Gasteiger partial charge in [-0.1, -0.05) is 60.7 Å². The molecule has 2 rings (SSSR count). The standard InChI is InChI=1S/C9H12N2O.C9H14N2/c10-8(9(11)12)6-7-4-2-1-3-5-7;10-7-9(11)6-8-4-2-1-3-5-8/h1-5,8H,6,10H2,(H2,11,12);1-5,9H,6-7,10-11H2/t8-;/m0./s1. The van der Waals surface area contributed by atoms with Crippen LogP contribution in [0.5, 0.6) is 0 Å². The van der Waals surface area contributed by atoms with Gasteiger partial charge in [0.25, 0.3) is 0 Å². The van der Waals surface area contributed by atoms with E-state index in [2.05, 4.69) is 12.1 Å². The Balaban J connectivity index is 0.000000231. The molecule has 0 aliphatic carbocycles. The van der Waals surface area contributed by atoms with Crippen molar-refractivity contribution in [3.8, 4) is 0 Å². The van der Waals surface area contributed by atoms with Gasteiger partial charge in [-0.15, -0.1) is 0 Å². The molecule has 2 aromatic carbocycles. The van der Waals surface area contributed by atoms with Gasteiger partial charge in [0.1, 0.15) is 0 Å². The fourth-order valence-corrected chi connectivity index (χ4v) is 1.97. The Morgan fingerprint density at radius 3 is 1.65 bits per heavy atom. The van der Waals surface area contributed by atoms with E-state index in [1.54, 1.807) is 0 Å². The van der Waals surface area contributed by atoms with Crippen molar-refractivity contribution in [2.75, 3.05) is 6.54 Å². The second-order valence-corrected chi connectivity index (χ2v) is 5.38. The van der Waals surface area contributed by atoms with Gasteiger partial charge in [-0.05, 0) is 24.0 Å². The van der Waals surface area contributed by atoms with Crippen LogP contribution in [0.1, 0.15) is 11.1 Å². The zero-order valence-corrected chi connectivity index (χ0v) is 13.3. The number of primary amides is 1. The molecule has 23 heavy (non-hydrogen) atoms. The number of rotatable bonds is 6. The first-order valence-electron chi connectivity index (χ1n) is 7.61. The monoisotopic (exact) mass is 314 g/mol. The van der Waals surface area contributed by atoms with Crippen molar-refractivity contribution in [3.63, 3.8) is 0 Å². The number of amides is 1. The molecule has 2 aromatic rings. The molecule has 0 aliphatic rings. The Morgan fingerprint density at radius 1 is 0.826 bits per heavy atom. The van der Waals surface area contributed by atoms with Gasteiger partial charge in [0.2, 0.25) is 5.91 Å². The summed E-state index contributed by atoms with van der Waals surface area (Å²) in [6.07, 6.45) is 1.38. The Bertz CT molecular complexity index is 560. The van der Waals surface area contributed by atoms with Crippen LogP contribution >= 0.6 is 0 Å². The van der Waals surface area contributed by atoms with Crippen molar-refractivity contribution in [2.24, 2.45) is 22.9 Å². The number of hydrogen-bond donors (Lipinski definition) is 4. The molecule has 0 spiro atoms. The summed E-state index contributed by atoms with van der Waals surface area (Å²) in [4.78, 5) is 10.6. The zero-order chi connectivity index (χ0) is 17.1. The predicted octanol–water partition coefficient (Wildman–Crippen LogP) is 0.557. The quantitative estimate of drug-likeness (QED) is 0.622. The second-order valence-electron chi connectivity index (χ2n) is 5.38. The lowest BCUT2D eigenvalue weighted by Crippen LogP contribution is -2.38. The molecule has 0 fully saturated rings. The molecule has 0 aromatic heterocycles. The summed E-state index contributed by atoms with van der Waals surface area (Å²) in [5.74, 6) is -0.459. The summed E-state index contributed by atoms with van der Waals surface area (Å²) in [6, 6.07) is 19.2. The average molecular weight is 314 g/mol. The third-order valence-corrected chi connectivity index (χ3v) is 3.31. The Hall–Kier alpha value is -2.21. The lowest BCUT2D eigenvalue weighted by atomic mass is 10.1. The van der Waals surface area contributed by atoms with E-state index < -0.39 is 11.9 Å². The minimum atomic E-state index is -0.576. The summed E-state index contributed by atoms with van der Waals surface area (Å²) >= 11 is 0. The van der Waals surface area contributed by atoms with Gasteiger partial charge in [0.15, 0.2) is 0 Å². The van der Waals surface area contributed by atoms with E-state index in [0.29, 0.717) is 13.0 Å². The molecule has 0 saturated heterocycles. The normalized spacial score (nSPS) is 12.7. The van der Waals surface area contributed by atoms with Gasteiger partial charge in [-0.3, -0.25) is 4.79 Å². The van der Waals surface area contributed by atoms with Crippen LogP contribution in [0.4, 0.5) is 0 Å². The molecule has 124 valence electrons. The van der Waals surface area contributed by atoms with Crippen LogP contribution in [-0.4, -0.2) is 24.5 Å². The summed E-state index contributed by atoms with van der Waals surface area (Å²) < 4.78 is 0. The van der Waals surface area contributed by atoms with Crippen molar-refractivity contribution in [2.45, 2.75) is 24.9 Å². The first kappa shape index (κ1) is 18.8. The fraction of sp³-hybridized carbons (Fsp3) is 0.278. The predicted molar refractivity (Wildman–Crippen MR) is 94.5 cm³/mol. The highest BCUT2D eigenvalue weighted by molar-refractivity contribution is 5.79. The molecule has 0 bridgehead atoms. The third-order valence-electron chi connectivity index (χ3n) is 3.31. The molecule has 2 atom stereocenters. The van der Waals surface area contributed by atoms with Crippen molar-refractivity contribution < 1.29 is 4.79 Å². The van der Waals surface area contributed by atoms with Gasteiger partial charge in [-0.25, -0.2) is 0 Å². The molecule has 5 nitrogen and oxygen atoms in total. The molecule has 0 radical (unpaired) electrons. The molecule has 1 unspecified atom stereocenters. The lowest BCUT2D eigenvalue weighted by molar-refractivity contribution is -0.119. The molecular weight excluding hydrogens is 288 g/mol. The van der Waals surface area contributed by atoms with Crippen LogP contribution in [0, 0.1) is 0 Å². The molecular formula is C18H26N4O. The molecule has 5 heteroatoms. The van der Waals surface area contributed by atoms with Crippen LogP contribution in [0.3, 0.4) is 0 Å². The molecule has 0 heterocycles. The number of hydrogen-bond acceptors (Lipinski definition) is 4. The van der Waals surface area contributed by atoms with Crippen LogP contribution < -0.4 is 22.9 Å². The maximum atomic E-state index is 10.6. The van der Waals surface area contributed by atoms with Crippen LogP contribution in [0.2, 0.25) is 0 Å². The summed E-state index contributed by atoms with van der Waals surface area (Å²) in [7, 11) is 0. The van der Waals surface area contributed by atoms with Crippen LogP contribution in [0.25, 0.3) is 0 Å². The van der Waals surface area contributed by atoms with Crippen molar-refractivity contribution in [1.82, 2.24) is 0 Å². The molecule has 8 N–H and O–H groups in total. The fourth-order valence-electron chi connectivity index (χ4n) is 1.97. The summed E-state index contributed by atoms with van der Waals surface area (Å²) in [6.45, 7) is 0.550. The second kappa shape index (κ2) is 10.5. The van der Waals surface area contributed by atoms with Crippen molar-refractivity contribution in [1.29, 1.82) is 0 Å². The maximum absolute atomic E-state index is 10.6. The van der Waals surface area contributed by atoms with Gasteiger partial charge < -0.3 is 22.9 Å². The van der Waals surface area contributed by atoms with E-state index in [1.807, 2.05) is 48.5 Å². The average Bonchev–Trinajstić information content (AvgIpc) is 2.57. The van der Waals surface area contributed by atoms with E-state index in [1.165, 1.54) is 5.56 Å². The summed E-state index contributed by atoms with van der Waals surface area (Å²) in [5.41, 5.74) is 23.9. The van der Waals surface area contributed by atoms with E-state index in [-0.39, 0.29) is 6.04 Å². The highest BCUT2D eigenvalue weighted by atomic mass is 16.1. The SMILES string of the molecule is NC(=O)[C@@H](N)Cc1ccccc1.NCC(N)Cc1ccccc1. The minimum Gasteiger partial charge on any atom is -0.368 e. The van der Waals surface area contributed by atoms with E-state index >= 15 is 0 Å². The number of nitrogens with two attached hydrogens (primary N) is 4. The van der Waals surface area contributed by atoms with Gasteiger partial charge in [0.05, 0.1) is 6.04 Å². The number of carbonyl (C=O) groups excluding carboxylic acids is 1. The van der Waals surface area contributed by atoms with E-state index in [9.17, 15) is 4.79 Å². The third kappa shape index (κ3) is 8.11. The van der Waals surface area contributed by atoms with Crippen LogP contribution in [-0.2, 0) is 17.6 Å². The number of benzene rings is 2. The molecule has 0 saturated carbocycles. The minimum absolute atomic E-state index is 0.0948. The summed E-state index contributed by atoms with van der Waals surface area (Å²) in [5, 5.41) is 0. The molecule has 1 amide bonds. The number of carbonyl (C=O) groups is 1. The smallest absolute Gasteiger partial charge is 0.234 e. The lowest BCUT2D eigenvalue weighted by Gasteiger charge is -2.07. The topological polar surface area (TPSA) is 121 Å².